The predicted molar refractivity (Wildman–Crippen MR) is 88.8 cm³/mol. The summed E-state index contributed by atoms with van der Waals surface area (Å²) in [5.41, 5.74) is 6.19. The van der Waals surface area contributed by atoms with Gasteiger partial charge in [0.15, 0.2) is 11.2 Å². The second kappa shape index (κ2) is 6.59. The summed E-state index contributed by atoms with van der Waals surface area (Å²) >= 11 is 0. The van der Waals surface area contributed by atoms with Gasteiger partial charge in [-0.05, 0) is 17.7 Å². The summed E-state index contributed by atoms with van der Waals surface area (Å²) in [6.45, 7) is 0.373. The Labute approximate surface area is 140 Å². The predicted octanol–water partition coefficient (Wildman–Crippen LogP) is 0.776. The van der Waals surface area contributed by atoms with Crippen molar-refractivity contribution in [2.75, 3.05) is 17.6 Å². The second-order valence-corrected chi connectivity index (χ2v) is 5.34. The number of halogens is 1. The van der Waals surface area contributed by atoms with Crippen LogP contribution in [-0.4, -0.2) is 37.1 Å². The van der Waals surface area contributed by atoms with Gasteiger partial charge in [-0.2, -0.15) is 4.98 Å². The molecule has 0 aliphatic rings. The molecule has 10 heteroatoms. The number of hydrogen-bond acceptors (Lipinski definition) is 6. The molecule has 9 nitrogen and oxygen atoms in total. The summed E-state index contributed by atoms with van der Waals surface area (Å²) in [6.07, 6.45) is -0.119. The molecule has 0 amide bonds. The van der Waals surface area contributed by atoms with Crippen LogP contribution >= 0.6 is 0 Å². The van der Waals surface area contributed by atoms with Crippen LogP contribution in [0.3, 0.4) is 0 Å². The average Bonchev–Trinajstić information content (AvgIpc) is 2.88. The number of nitrogens with one attached hydrogen (secondary N) is 2. The number of nitrogen functional groups attached to an aromatic ring is 1. The molecule has 0 aliphatic carbocycles. The van der Waals surface area contributed by atoms with E-state index in [1.165, 1.54) is 12.1 Å². The summed E-state index contributed by atoms with van der Waals surface area (Å²) < 4.78 is 14.7. The Bertz CT molecular complexity index is 979. The average molecular weight is 346 g/mol. The first-order valence-electron chi connectivity index (χ1n) is 7.40. The van der Waals surface area contributed by atoms with Crippen LogP contribution in [0.25, 0.3) is 11.2 Å². The topological polar surface area (TPSA) is 139 Å². The number of nitrogens with zero attached hydrogens (tertiary/aromatic N) is 3. The van der Waals surface area contributed by atoms with Crippen LogP contribution in [0, 0.1) is 5.82 Å². The number of carbonyl (C=O) groups is 1. The lowest BCUT2D eigenvalue weighted by atomic mass is 10.2. The van der Waals surface area contributed by atoms with E-state index >= 15 is 0 Å². The molecule has 2 heterocycles. The van der Waals surface area contributed by atoms with E-state index in [4.69, 9.17) is 10.8 Å². The standard InChI is InChI=1S/C15H15FN6O3/c16-9-3-1-8(2-4-9)7-22-12-11(13(25)21-14(17)20-12)19-15(22)18-6-5-10(23)24/h1-4H,5-7H2,(H,18,19)(H,23,24)(H3,17,20,21,25). The fourth-order valence-electron chi connectivity index (χ4n) is 2.37. The van der Waals surface area contributed by atoms with E-state index in [-0.39, 0.29) is 48.4 Å². The van der Waals surface area contributed by atoms with Gasteiger partial charge >= 0.3 is 5.97 Å². The fraction of sp³-hybridized carbons (Fsp3) is 0.200. The Balaban J connectivity index is 2.03. The minimum atomic E-state index is -0.964. The van der Waals surface area contributed by atoms with Crippen molar-refractivity contribution < 1.29 is 14.3 Å². The normalized spacial score (nSPS) is 10.9. The summed E-state index contributed by atoms with van der Waals surface area (Å²) in [7, 11) is 0. The zero-order valence-electron chi connectivity index (χ0n) is 13.0. The smallest absolute Gasteiger partial charge is 0.305 e. The Morgan fingerprint density at radius 2 is 2.04 bits per heavy atom. The Morgan fingerprint density at radius 3 is 2.72 bits per heavy atom. The molecule has 130 valence electrons. The highest BCUT2D eigenvalue weighted by atomic mass is 19.1. The van der Waals surface area contributed by atoms with Crippen LogP contribution in [0.15, 0.2) is 29.1 Å². The highest BCUT2D eigenvalue weighted by Crippen LogP contribution is 2.18. The van der Waals surface area contributed by atoms with Crippen molar-refractivity contribution in [2.45, 2.75) is 13.0 Å². The molecule has 1 aromatic carbocycles. The fourth-order valence-corrected chi connectivity index (χ4v) is 2.37. The number of carboxylic acids is 1. The number of benzene rings is 1. The van der Waals surface area contributed by atoms with Crippen LogP contribution in [0.5, 0.6) is 0 Å². The van der Waals surface area contributed by atoms with Crippen molar-refractivity contribution in [3.8, 4) is 0 Å². The number of aromatic amines is 1. The van der Waals surface area contributed by atoms with Crippen molar-refractivity contribution in [1.82, 2.24) is 19.5 Å². The van der Waals surface area contributed by atoms with Gasteiger partial charge in [0.2, 0.25) is 11.9 Å². The van der Waals surface area contributed by atoms with Crippen LogP contribution in [-0.2, 0) is 11.3 Å². The maximum absolute atomic E-state index is 13.1. The maximum Gasteiger partial charge on any atom is 0.305 e. The van der Waals surface area contributed by atoms with Gasteiger partial charge in [-0.1, -0.05) is 12.1 Å². The zero-order valence-corrected chi connectivity index (χ0v) is 13.0. The number of H-pyrrole nitrogens is 1. The van der Waals surface area contributed by atoms with E-state index in [1.54, 1.807) is 16.7 Å². The van der Waals surface area contributed by atoms with Crippen molar-refractivity contribution in [3.63, 3.8) is 0 Å². The zero-order chi connectivity index (χ0) is 18.0. The number of fused-ring (bicyclic) bond motifs is 1. The Morgan fingerprint density at radius 1 is 1.32 bits per heavy atom. The monoisotopic (exact) mass is 346 g/mol. The molecule has 0 unspecified atom stereocenters. The second-order valence-electron chi connectivity index (χ2n) is 5.34. The molecule has 0 radical (unpaired) electrons. The van der Waals surface area contributed by atoms with Gasteiger partial charge in [-0.3, -0.25) is 19.1 Å². The van der Waals surface area contributed by atoms with Crippen molar-refractivity contribution >= 4 is 29.0 Å². The third kappa shape index (κ3) is 3.57. The summed E-state index contributed by atoms with van der Waals surface area (Å²) in [5, 5.41) is 11.6. The van der Waals surface area contributed by atoms with E-state index in [2.05, 4.69) is 20.3 Å². The highest BCUT2D eigenvalue weighted by molar-refractivity contribution is 5.75. The molecule has 0 saturated carbocycles. The first kappa shape index (κ1) is 16.4. The Kier molecular flexibility index (Phi) is 4.33. The molecule has 5 N–H and O–H groups in total. The minimum absolute atomic E-state index is 0.0603. The molecule has 0 fully saturated rings. The van der Waals surface area contributed by atoms with Gasteiger partial charge in [0.05, 0.1) is 13.0 Å². The molecule has 3 aromatic rings. The Hall–Kier alpha value is -3.43. The number of imidazole rings is 1. The number of nitrogens with two attached hydrogens (primary N) is 1. The summed E-state index contributed by atoms with van der Waals surface area (Å²) in [5.74, 6) is -1.11. The van der Waals surface area contributed by atoms with Gasteiger partial charge in [0.25, 0.3) is 5.56 Å². The molecule has 25 heavy (non-hydrogen) atoms. The molecule has 3 rings (SSSR count). The lowest BCUT2D eigenvalue weighted by molar-refractivity contribution is -0.136. The lowest BCUT2D eigenvalue weighted by Gasteiger charge is -2.10. The quantitative estimate of drug-likeness (QED) is 0.517. The maximum atomic E-state index is 13.1. The molecule has 0 spiro atoms. The number of carboxylic acid groups (broad SMARTS) is 1. The third-order valence-electron chi connectivity index (χ3n) is 3.50. The molecular weight excluding hydrogens is 331 g/mol. The van der Waals surface area contributed by atoms with Gasteiger partial charge in [0.1, 0.15) is 5.82 Å². The number of aromatic nitrogens is 4. The number of anilines is 2. The van der Waals surface area contributed by atoms with Crippen LogP contribution in [0.4, 0.5) is 16.3 Å². The minimum Gasteiger partial charge on any atom is -0.481 e. The van der Waals surface area contributed by atoms with Crippen molar-refractivity contribution in [1.29, 1.82) is 0 Å². The summed E-state index contributed by atoms with van der Waals surface area (Å²) in [4.78, 5) is 33.4. The number of aliphatic carboxylic acids is 1. The largest absolute Gasteiger partial charge is 0.481 e. The molecule has 0 atom stereocenters. The van der Waals surface area contributed by atoms with E-state index in [1.807, 2.05) is 0 Å². The van der Waals surface area contributed by atoms with Crippen LogP contribution in [0.2, 0.25) is 0 Å². The molecule has 0 bridgehead atoms. The van der Waals surface area contributed by atoms with E-state index in [0.29, 0.717) is 0 Å². The summed E-state index contributed by atoms with van der Waals surface area (Å²) in [6, 6.07) is 5.83. The molecule has 0 saturated heterocycles. The molecule has 0 aliphatic heterocycles. The molecule has 2 aromatic heterocycles. The molecular formula is C15H15FN6O3. The van der Waals surface area contributed by atoms with E-state index in [0.717, 1.165) is 5.56 Å². The van der Waals surface area contributed by atoms with Gasteiger partial charge < -0.3 is 16.2 Å². The SMILES string of the molecule is Nc1nc2c(nc(NCCC(=O)O)n2Cc2ccc(F)cc2)c(=O)[nH]1. The van der Waals surface area contributed by atoms with Crippen LogP contribution < -0.4 is 16.6 Å². The van der Waals surface area contributed by atoms with E-state index in [9.17, 15) is 14.0 Å². The number of rotatable bonds is 6. The van der Waals surface area contributed by atoms with Crippen molar-refractivity contribution in [3.05, 3.63) is 46.0 Å². The van der Waals surface area contributed by atoms with Gasteiger partial charge in [-0.25, -0.2) is 9.37 Å². The first-order chi connectivity index (χ1) is 11.9. The number of hydrogen-bond donors (Lipinski definition) is 4. The third-order valence-corrected chi connectivity index (χ3v) is 3.50. The first-order valence-corrected chi connectivity index (χ1v) is 7.40. The van der Waals surface area contributed by atoms with E-state index < -0.39 is 11.5 Å². The highest BCUT2D eigenvalue weighted by Gasteiger charge is 2.16. The van der Waals surface area contributed by atoms with Gasteiger partial charge in [0, 0.05) is 6.54 Å². The van der Waals surface area contributed by atoms with Crippen molar-refractivity contribution in [2.24, 2.45) is 0 Å². The van der Waals surface area contributed by atoms with Crippen LogP contribution in [0.1, 0.15) is 12.0 Å². The van der Waals surface area contributed by atoms with Gasteiger partial charge in [-0.15, -0.1) is 0 Å². The lowest BCUT2D eigenvalue weighted by Crippen LogP contribution is -2.13.